The second-order valence-electron chi connectivity index (χ2n) is 6.68. The Balaban J connectivity index is 1.83. The van der Waals surface area contributed by atoms with Gasteiger partial charge in [-0.2, -0.15) is 0 Å². The van der Waals surface area contributed by atoms with E-state index in [4.69, 9.17) is 4.74 Å². The number of likely N-dealkylation sites (tertiary alicyclic amines) is 1. The van der Waals surface area contributed by atoms with Crippen molar-refractivity contribution in [3.63, 3.8) is 0 Å². The highest BCUT2D eigenvalue weighted by Crippen LogP contribution is 2.24. The summed E-state index contributed by atoms with van der Waals surface area (Å²) in [5.74, 6) is 1.75. The average Bonchev–Trinajstić information content (AvgIpc) is 2.40. The van der Waals surface area contributed by atoms with Crippen LogP contribution in [0.25, 0.3) is 0 Å². The van der Waals surface area contributed by atoms with Gasteiger partial charge in [0.05, 0.1) is 0 Å². The second-order valence-corrected chi connectivity index (χ2v) is 6.68. The third-order valence-corrected chi connectivity index (χ3v) is 4.37. The fourth-order valence-corrected chi connectivity index (χ4v) is 3.17. The molecule has 3 heteroatoms. The second kappa shape index (κ2) is 7.28. The molecule has 1 aromatic rings. The van der Waals surface area contributed by atoms with Crippen molar-refractivity contribution < 1.29 is 9.84 Å². The maximum atomic E-state index is 10.2. The van der Waals surface area contributed by atoms with Crippen molar-refractivity contribution in [1.82, 2.24) is 4.90 Å². The van der Waals surface area contributed by atoms with Crippen LogP contribution >= 0.6 is 0 Å². The minimum Gasteiger partial charge on any atom is -0.490 e. The SMILES string of the molecule is Cc1cc(C)c(OCC(O)CN2CCC(C)CC2)c(C)c1. The van der Waals surface area contributed by atoms with Crippen molar-refractivity contribution in [3.05, 3.63) is 28.8 Å². The van der Waals surface area contributed by atoms with E-state index >= 15 is 0 Å². The molecule has 1 aliphatic heterocycles. The van der Waals surface area contributed by atoms with Gasteiger partial charge in [0.25, 0.3) is 0 Å². The Hall–Kier alpha value is -1.06. The molecule has 1 unspecified atom stereocenters. The van der Waals surface area contributed by atoms with E-state index in [0.717, 1.165) is 42.4 Å². The van der Waals surface area contributed by atoms with Gasteiger partial charge in [0.2, 0.25) is 0 Å². The molecule has 1 fully saturated rings. The van der Waals surface area contributed by atoms with Gasteiger partial charge in [0.15, 0.2) is 0 Å². The molecule has 0 radical (unpaired) electrons. The van der Waals surface area contributed by atoms with Crippen LogP contribution in [0.2, 0.25) is 0 Å². The summed E-state index contributed by atoms with van der Waals surface area (Å²) in [5.41, 5.74) is 3.54. The van der Waals surface area contributed by atoms with E-state index in [1.807, 2.05) is 0 Å². The highest BCUT2D eigenvalue weighted by atomic mass is 16.5. The van der Waals surface area contributed by atoms with Gasteiger partial charge in [0, 0.05) is 6.54 Å². The van der Waals surface area contributed by atoms with E-state index in [-0.39, 0.29) is 0 Å². The number of ether oxygens (including phenoxy) is 1. The molecule has 21 heavy (non-hydrogen) atoms. The minimum atomic E-state index is -0.418. The predicted octanol–water partition coefficient (Wildman–Crippen LogP) is 3.08. The number of hydrogen-bond donors (Lipinski definition) is 1. The Labute approximate surface area is 128 Å². The van der Waals surface area contributed by atoms with Crippen LogP contribution in [0.3, 0.4) is 0 Å². The largest absolute Gasteiger partial charge is 0.490 e. The molecule has 1 saturated heterocycles. The first-order chi connectivity index (χ1) is 9.95. The quantitative estimate of drug-likeness (QED) is 0.905. The van der Waals surface area contributed by atoms with Crippen molar-refractivity contribution in [2.75, 3.05) is 26.2 Å². The monoisotopic (exact) mass is 291 g/mol. The van der Waals surface area contributed by atoms with Crippen LogP contribution in [0, 0.1) is 26.7 Å². The third-order valence-electron chi connectivity index (χ3n) is 4.37. The van der Waals surface area contributed by atoms with Gasteiger partial charge in [-0.3, -0.25) is 0 Å². The Morgan fingerprint density at radius 1 is 1.19 bits per heavy atom. The van der Waals surface area contributed by atoms with Gasteiger partial charge in [-0.25, -0.2) is 0 Å². The molecule has 1 aromatic carbocycles. The fraction of sp³-hybridized carbons (Fsp3) is 0.667. The van der Waals surface area contributed by atoms with Crippen molar-refractivity contribution >= 4 is 0 Å². The lowest BCUT2D eigenvalue weighted by molar-refractivity contribution is 0.0559. The number of nitrogens with zero attached hydrogens (tertiary/aromatic N) is 1. The van der Waals surface area contributed by atoms with Crippen LogP contribution in [0.4, 0.5) is 0 Å². The van der Waals surface area contributed by atoms with Crippen LogP contribution < -0.4 is 4.74 Å². The van der Waals surface area contributed by atoms with Crippen molar-refractivity contribution in [1.29, 1.82) is 0 Å². The van der Waals surface area contributed by atoms with E-state index in [1.165, 1.54) is 18.4 Å². The number of β-amino-alcohol motifs (C(OH)–C–C–N with tert-alkyl or cyclic N) is 1. The van der Waals surface area contributed by atoms with Crippen LogP contribution in [0.5, 0.6) is 5.75 Å². The summed E-state index contributed by atoms with van der Waals surface area (Å²) in [6.45, 7) is 11.8. The number of aliphatic hydroxyl groups is 1. The van der Waals surface area contributed by atoms with Gasteiger partial charge in [-0.15, -0.1) is 0 Å². The summed E-state index contributed by atoms with van der Waals surface area (Å²) in [4.78, 5) is 2.35. The molecule has 118 valence electrons. The highest BCUT2D eigenvalue weighted by molar-refractivity contribution is 5.42. The van der Waals surface area contributed by atoms with Gasteiger partial charge >= 0.3 is 0 Å². The Kier molecular flexibility index (Phi) is 5.65. The topological polar surface area (TPSA) is 32.7 Å². The zero-order chi connectivity index (χ0) is 15.4. The minimum absolute atomic E-state index is 0.372. The van der Waals surface area contributed by atoms with E-state index in [2.05, 4.69) is 44.7 Å². The number of hydrogen-bond acceptors (Lipinski definition) is 3. The molecule has 0 saturated carbocycles. The van der Waals surface area contributed by atoms with Crippen LogP contribution in [0.1, 0.15) is 36.5 Å². The lowest BCUT2D eigenvalue weighted by atomic mass is 9.99. The standard InChI is InChI=1S/C18H29NO2/c1-13-5-7-19(8-6-13)11-17(20)12-21-18-15(3)9-14(2)10-16(18)4/h9-10,13,17,20H,5-8,11-12H2,1-4H3. The summed E-state index contributed by atoms with van der Waals surface area (Å²) >= 11 is 0. The van der Waals surface area contributed by atoms with Gasteiger partial charge in [-0.1, -0.05) is 24.6 Å². The summed E-state index contributed by atoms with van der Waals surface area (Å²) < 4.78 is 5.87. The molecule has 0 spiro atoms. The number of aryl methyl sites for hydroxylation is 3. The number of rotatable bonds is 5. The van der Waals surface area contributed by atoms with Crippen molar-refractivity contribution in [3.8, 4) is 5.75 Å². The molecule has 1 atom stereocenters. The molecule has 1 heterocycles. The highest BCUT2D eigenvalue weighted by Gasteiger charge is 2.19. The first-order valence-corrected chi connectivity index (χ1v) is 8.06. The van der Waals surface area contributed by atoms with Gasteiger partial charge in [-0.05, 0) is 63.7 Å². The Morgan fingerprint density at radius 2 is 1.76 bits per heavy atom. The molecular weight excluding hydrogens is 262 g/mol. The Bertz CT molecular complexity index is 441. The third kappa shape index (κ3) is 4.72. The van der Waals surface area contributed by atoms with Gasteiger partial charge in [0.1, 0.15) is 18.5 Å². The summed E-state index contributed by atoms with van der Waals surface area (Å²) in [6, 6.07) is 4.25. The van der Waals surface area contributed by atoms with E-state index in [1.54, 1.807) is 0 Å². The lowest BCUT2D eigenvalue weighted by Gasteiger charge is -2.31. The molecular formula is C18H29NO2. The Morgan fingerprint density at radius 3 is 2.33 bits per heavy atom. The lowest BCUT2D eigenvalue weighted by Crippen LogP contribution is -2.40. The molecule has 1 aliphatic rings. The molecule has 2 rings (SSSR count). The maximum Gasteiger partial charge on any atom is 0.125 e. The summed E-state index contributed by atoms with van der Waals surface area (Å²) in [7, 11) is 0. The first kappa shape index (κ1) is 16.3. The van der Waals surface area contributed by atoms with E-state index in [0.29, 0.717) is 6.61 Å². The zero-order valence-corrected chi connectivity index (χ0v) is 13.9. The fourth-order valence-electron chi connectivity index (χ4n) is 3.17. The molecule has 0 amide bonds. The van der Waals surface area contributed by atoms with E-state index < -0.39 is 6.10 Å². The summed E-state index contributed by atoms with van der Waals surface area (Å²) in [5, 5.41) is 10.2. The molecule has 0 bridgehead atoms. The van der Waals surface area contributed by atoms with Crippen LogP contribution in [0.15, 0.2) is 12.1 Å². The van der Waals surface area contributed by atoms with Crippen molar-refractivity contribution in [2.45, 2.75) is 46.6 Å². The predicted molar refractivity (Wildman–Crippen MR) is 87.0 cm³/mol. The smallest absolute Gasteiger partial charge is 0.125 e. The summed E-state index contributed by atoms with van der Waals surface area (Å²) in [6.07, 6.45) is 2.06. The molecule has 0 aliphatic carbocycles. The number of aliphatic hydroxyl groups excluding tert-OH is 1. The maximum absolute atomic E-state index is 10.2. The molecule has 1 N–H and O–H groups in total. The normalized spacial score (nSPS) is 18.7. The average molecular weight is 291 g/mol. The number of benzene rings is 1. The van der Waals surface area contributed by atoms with Crippen molar-refractivity contribution in [2.24, 2.45) is 5.92 Å². The molecule has 3 nitrogen and oxygen atoms in total. The first-order valence-electron chi connectivity index (χ1n) is 8.06. The number of piperidine rings is 1. The van der Waals surface area contributed by atoms with E-state index in [9.17, 15) is 5.11 Å². The van der Waals surface area contributed by atoms with Crippen LogP contribution in [-0.2, 0) is 0 Å². The zero-order valence-electron chi connectivity index (χ0n) is 13.9. The molecule has 0 aromatic heterocycles. The van der Waals surface area contributed by atoms with Crippen LogP contribution in [-0.4, -0.2) is 42.4 Å². The van der Waals surface area contributed by atoms with Gasteiger partial charge < -0.3 is 14.7 Å².